The largest absolute Gasteiger partial charge is 0.332 e. The van der Waals surface area contributed by atoms with Crippen LogP contribution in [0.2, 0.25) is 0 Å². The van der Waals surface area contributed by atoms with E-state index in [0.29, 0.717) is 0 Å². The molecule has 78 valence electrons. The molecule has 0 aromatic heterocycles. The highest BCUT2D eigenvalue weighted by atomic mass is 79.9. The Morgan fingerprint density at radius 1 is 1.36 bits per heavy atom. The Labute approximate surface area is 91.5 Å². The first-order valence-corrected chi connectivity index (χ1v) is 6.24. The van der Waals surface area contributed by atoms with Crippen molar-refractivity contribution in [1.29, 1.82) is 0 Å². The smallest absolute Gasteiger partial charge is 0.189 e. The predicted molar refractivity (Wildman–Crippen MR) is 56.5 cm³/mol. The zero-order chi connectivity index (χ0) is 10.9. The summed E-state index contributed by atoms with van der Waals surface area (Å²) in [7, 11) is -4.60. The van der Waals surface area contributed by atoms with Gasteiger partial charge in [0.25, 0.3) is 0 Å². The number of hydrogen-bond donors (Lipinski definition) is 0. The molecule has 0 heterocycles. The van der Waals surface area contributed by atoms with Gasteiger partial charge in [-0.2, -0.15) is 8.42 Å². The fraction of sp³-hybridized carbons (Fsp3) is 0.333. The topological polar surface area (TPSA) is 34.1 Å². The molecule has 0 saturated carbocycles. The summed E-state index contributed by atoms with van der Waals surface area (Å²) >= 11 is 3.28. The molecule has 0 spiro atoms. The first kappa shape index (κ1) is 11.7. The van der Waals surface area contributed by atoms with Gasteiger partial charge < -0.3 is 0 Å². The minimum atomic E-state index is -4.60. The number of rotatable bonds is 2. The average Bonchev–Trinajstić information content (AvgIpc) is 2.02. The van der Waals surface area contributed by atoms with E-state index in [-0.39, 0.29) is 10.8 Å². The molecule has 0 bridgehead atoms. The van der Waals surface area contributed by atoms with Gasteiger partial charge in [-0.1, -0.05) is 29.8 Å². The van der Waals surface area contributed by atoms with E-state index in [4.69, 9.17) is 0 Å². The number of hydrogen-bond acceptors (Lipinski definition) is 2. The van der Waals surface area contributed by atoms with Crippen LogP contribution in [0.25, 0.3) is 0 Å². The molecule has 0 amide bonds. The fourth-order valence-corrected chi connectivity index (χ4v) is 2.32. The van der Waals surface area contributed by atoms with Crippen molar-refractivity contribution in [3.05, 3.63) is 28.2 Å². The monoisotopic (exact) mass is 280 g/mol. The summed E-state index contributed by atoms with van der Waals surface area (Å²) in [6, 6.07) is 4.14. The third kappa shape index (κ3) is 2.54. The Morgan fingerprint density at radius 2 is 1.93 bits per heavy atom. The maximum atomic E-state index is 12.7. The normalized spacial score (nSPS) is 12.1. The third-order valence-corrected chi connectivity index (χ3v) is 3.41. The van der Waals surface area contributed by atoms with Gasteiger partial charge in [-0.25, -0.2) is 0 Å². The molecule has 0 aliphatic rings. The van der Waals surface area contributed by atoms with Crippen molar-refractivity contribution < 1.29 is 12.3 Å². The average molecular weight is 281 g/mol. The highest BCUT2D eigenvalue weighted by Crippen LogP contribution is 2.27. The molecule has 0 N–H and O–H groups in total. The lowest BCUT2D eigenvalue weighted by Crippen LogP contribution is -1.96. The summed E-state index contributed by atoms with van der Waals surface area (Å²) in [5.41, 5.74) is 0.781. The number of benzene rings is 1. The van der Waals surface area contributed by atoms with E-state index in [0.717, 1.165) is 10.0 Å². The van der Waals surface area contributed by atoms with Gasteiger partial charge in [-0.3, -0.25) is 0 Å². The molecule has 1 rings (SSSR count). The summed E-state index contributed by atoms with van der Waals surface area (Å²) in [6.45, 7) is 3.82. The van der Waals surface area contributed by atoms with E-state index in [2.05, 4.69) is 15.9 Å². The van der Waals surface area contributed by atoms with Crippen LogP contribution in [-0.4, -0.2) is 8.42 Å². The zero-order valence-electron chi connectivity index (χ0n) is 7.79. The van der Waals surface area contributed by atoms with Crippen molar-refractivity contribution >= 4 is 26.2 Å². The molecule has 0 aliphatic heterocycles. The van der Waals surface area contributed by atoms with Gasteiger partial charge in [0.2, 0.25) is 0 Å². The highest BCUT2D eigenvalue weighted by Gasteiger charge is 2.14. The van der Waals surface area contributed by atoms with Crippen molar-refractivity contribution in [3.63, 3.8) is 0 Å². The van der Waals surface area contributed by atoms with Crippen LogP contribution in [-0.2, 0) is 10.2 Å². The fourth-order valence-electron chi connectivity index (χ4n) is 1.12. The van der Waals surface area contributed by atoms with Crippen molar-refractivity contribution in [2.45, 2.75) is 24.7 Å². The second kappa shape index (κ2) is 3.98. The van der Waals surface area contributed by atoms with Gasteiger partial charge >= 0.3 is 10.2 Å². The molecular formula is C9H10BrFO2S. The van der Waals surface area contributed by atoms with Crippen molar-refractivity contribution in [1.82, 2.24) is 0 Å². The molecule has 0 unspecified atom stereocenters. The van der Waals surface area contributed by atoms with Crippen molar-refractivity contribution in [3.8, 4) is 0 Å². The van der Waals surface area contributed by atoms with E-state index in [9.17, 15) is 12.3 Å². The standard InChI is InChI=1S/C9H10BrFO2S/c1-6(2)8-5-7(14(11,12)13)3-4-9(8)10/h3-6H,1-2H3. The SMILES string of the molecule is CC(C)c1cc(S(=O)(=O)F)ccc1Br. The van der Waals surface area contributed by atoms with Crippen LogP contribution in [0.4, 0.5) is 3.89 Å². The third-order valence-electron chi connectivity index (χ3n) is 1.87. The van der Waals surface area contributed by atoms with Gasteiger partial charge in [-0.05, 0) is 29.7 Å². The summed E-state index contributed by atoms with van der Waals surface area (Å²) in [5.74, 6) is 0.145. The van der Waals surface area contributed by atoms with Crippen LogP contribution < -0.4 is 0 Å². The Balaban J connectivity index is 3.34. The second-order valence-electron chi connectivity index (χ2n) is 3.28. The summed E-state index contributed by atoms with van der Waals surface area (Å²) in [5, 5.41) is 0. The van der Waals surface area contributed by atoms with Gasteiger partial charge in [0, 0.05) is 4.47 Å². The maximum absolute atomic E-state index is 12.7. The van der Waals surface area contributed by atoms with Crippen molar-refractivity contribution in [2.75, 3.05) is 0 Å². The molecule has 0 saturated heterocycles. The quantitative estimate of drug-likeness (QED) is 0.780. The molecule has 14 heavy (non-hydrogen) atoms. The molecule has 1 aromatic carbocycles. The van der Waals surface area contributed by atoms with E-state index in [1.165, 1.54) is 12.1 Å². The molecule has 0 aliphatic carbocycles. The zero-order valence-corrected chi connectivity index (χ0v) is 10.2. The molecule has 2 nitrogen and oxygen atoms in total. The van der Waals surface area contributed by atoms with Crippen LogP contribution in [0, 0.1) is 0 Å². The first-order chi connectivity index (χ1) is 6.32. The molecule has 0 radical (unpaired) electrons. The van der Waals surface area contributed by atoms with Crippen LogP contribution in [0.1, 0.15) is 25.3 Å². The van der Waals surface area contributed by atoms with Crippen molar-refractivity contribution in [2.24, 2.45) is 0 Å². The van der Waals surface area contributed by atoms with E-state index in [1.54, 1.807) is 6.07 Å². The Hall–Kier alpha value is -0.420. The van der Waals surface area contributed by atoms with Gasteiger partial charge in [0.05, 0.1) is 4.90 Å². The van der Waals surface area contributed by atoms with Gasteiger partial charge in [0.1, 0.15) is 0 Å². The Bertz CT molecular complexity index is 440. The summed E-state index contributed by atoms with van der Waals surface area (Å²) in [6.07, 6.45) is 0. The lowest BCUT2D eigenvalue weighted by Gasteiger charge is -2.08. The minimum Gasteiger partial charge on any atom is -0.189 e. The summed E-state index contributed by atoms with van der Waals surface area (Å²) < 4.78 is 34.7. The molecule has 5 heteroatoms. The number of halogens is 2. The second-order valence-corrected chi connectivity index (χ2v) is 5.48. The Kier molecular flexibility index (Phi) is 3.32. The molecule has 0 fully saturated rings. The molecular weight excluding hydrogens is 271 g/mol. The van der Waals surface area contributed by atoms with E-state index >= 15 is 0 Å². The van der Waals surface area contributed by atoms with Crippen LogP contribution in [0.5, 0.6) is 0 Å². The molecule has 0 atom stereocenters. The van der Waals surface area contributed by atoms with E-state index in [1.807, 2.05) is 13.8 Å². The van der Waals surface area contributed by atoms with Gasteiger partial charge in [0.15, 0.2) is 0 Å². The van der Waals surface area contributed by atoms with E-state index < -0.39 is 10.2 Å². The van der Waals surface area contributed by atoms with Crippen LogP contribution in [0.15, 0.2) is 27.6 Å². The minimum absolute atomic E-state index is 0.145. The van der Waals surface area contributed by atoms with Gasteiger partial charge in [-0.15, -0.1) is 3.89 Å². The predicted octanol–water partition coefficient (Wildman–Crippen LogP) is 3.23. The first-order valence-electron chi connectivity index (χ1n) is 4.06. The Morgan fingerprint density at radius 3 is 2.36 bits per heavy atom. The lowest BCUT2D eigenvalue weighted by molar-refractivity contribution is 0.552. The van der Waals surface area contributed by atoms with Crippen LogP contribution >= 0.6 is 15.9 Å². The lowest BCUT2D eigenvalue weighted by atomic mass is 10.0. The molecule has 1 aromatic rings. The van der Waals surface area contributed by atoms with Crippen LogP contribution in [0.3, 0.4) is 0 Å². The maximum Gasteiger partial charge on any atom is 0.332 e. The highest BCUT2D eigenvalue weighted by molar-refractivity contribution is 9.10. The summed E-state index contributed by atoms with van der Waals surface area (Å²) in [4.78, 5) is -0.288.